The van der Waals surface area contributed by atoms with E-state index in [2.05, 4.69) is 325 Å². The molecule has 0 atom stereocenters. The van der Waals surface area contributed by atoms with Crippen LogP contribution in [0, 0.1) is 6.92 Å². The van der Waals surface area contributed by atoms with Crippen LogP contribution in [0.25, 0.3) is 54.9 Å². The van der Waals surface area contributed by atoms with Crippen molar-refractivity contribution in [2.45, 2.75) is 12.3 Å². The van der Waals surface area contributed by atoms with Crippen LogP contribution in [0.3, 0.4) is 0 Å². The molecule has 0 N–H and O–H groups in total. The minimum absolute atomic E-state index is 0.501. The summed E-state index contributed by atoms with van der Waals surface area (Å²) in [5.74, 6) is 0. The molecule has 0 aromatic heterocycles. The third-order valence-electron chi connectivity index (χ3n) is 16.4. The van der Waals surface area contributed by atoms with E-state index in [1.54, 1.807) is 0 Å². The molecule has 0 amide bonds. The number of fused-ring (bicyclic) bond motifs is 13. The van der Waals surface area contributed by atoms with Gasteiger partial charge in [-0.25, -0.2) is 0 Å². The van der Waals surface area contributed by atoms with Gasteiger partial charge in [0.2, 0.25) is 0 Å². The smallest absolute Gasteiger partial charge is 0.0731 e. The fraction of sp³-hybridized carbons (Fsp3) is 0.0263. The Labute approximate surface area is 461 Å². The van der Waals surface area contributed by atoms with Crippen molar-refractivity contribution in [3.63, 3.8) is 0 Å². The lowest BCUT2D eigenvalue weighted by Gasteiger charge is -2.33. The molecule has 0 fully saturated rings. The highest BCUT2D eigenvalue weighted by Crippen LogP contribution is 2.64. The summed E-state index contributed by atoms with van der Waals surface area (Å²) in [6.07, 6.45) is 0. The molecule has 0 heterocycles. The number of aryl methyl sites for hydroxylation is 1. The Bertz CT molecular complexity index is 4370. The summed E-state index contributed by atoms with van der Waals surface area (Å²) in [5.41, 5.74) is 23.1. The highest BCUT2D eigenvalue weighted by atomic mass is 15.2. The van der Waals surface area contributed by atoms with Crippen molar-refractivity contribution in [2.75, 3.05) is 14.7 Å². The summed E-state index contributed by atoms with van der Waals surface area (Å²) in [4.78, 5) is 7.22. The number of para-hydroxylation sites is 3. The Morgan fingerprint density at radius 1 is 0.241 bits per heavy atom. The lowest BCUT2D eigenvalue weighted by Crippen LogP contribution is -2.26. The second-order valence-electron chi connectivity index (χ2n) is 20.9. The zero-order chi connectivity index (χ0) is 52.4. The molecule has 13 aromatic carbocycles. The molecule has 1 spiro atoms. The van der Waals surface area contributed by atoms with E-state index >= 15 is 0 Å². The predicted octanol–water partition coefficient (Wildman–Crippen LogP) is 20.7. The average molecular weight is 1010 g/mol. The van der Waals surface area contributed by atoms with Crippen LogP contribution in [-0.2, 0) is 5.41 Å². The van der Waals surface area contributed by atoms with Gasteiger partial charge >= 0.3 is 0 Å². The largest absolute Gasteiger partial charge is 0.310 e. The van der Waals surface area contributed by atoms with Crippen LogP contribution in [0.4, 0.5) is 51.2 Å². The van der Waals surface area contributed by atoms with Gasteiger partial charge in [-0.3, -0.25) is 0 Å². The normalized spacial score (nSPS) is 12.5. The molecule has 0 unspecified atom stereocenters. The summed E-state index contributed by atoms with van der Waals surface area (Å²) >= 11 is 0. The van der Waals surface area contributed by atoms with Gasteiger partial charge in [0.05, 0.1) is 5.41 Å². The molecule has 15 rings (SSSR count). The number of benzene rings is 13. The van der Waals surface area contributed by atoms with Crippen molar-refractivity contribution in [1.29, 1.82) is 0 Å². The minimum atomic E-state index is -0.501. The third-order valence-corrected chi connectivity index (χ3v) is 16.4. The Kier molecular flexibility index (Phi) is 11.0. The molecule has 0 radical (unpaired) electrons. The predicted molar refractivity (Wildman–Crippen MR) is 332 cm³/mol. The number of nitrogens with zero attached hydrogens (tertiary/aromatic N) is 3. The van der Waals surface area contributed by atoms with Crippen LogP contribution in [0.5, 0.6) is 0 Å². The van der Waals surface area contributed by atoms with Gasteiger partial charge in [0.15, 0.2) is 0 Å². The van der Waals surface area contributed by atoms with E-state index in [0.717, 1.165) is 62.3 Å². The Balaban J connectivity index is 0.951. The van der Waals surface area contributed by atoms with Crippen molar-refractivity contribution in [2.24, 2.45) is 0 Å². The summed E-state index contributed by atoms with van der Waals surface area (Å²) in [6.45, 7) is 2.23. The maximum absolute atomic E-state index is 2.46. The first-order chi connectivity index (χ1) is 39.1. The molecular formula is C76H53N3. The summed E-state index contributed by atoms with van der Waals surface area (Å²) in [5, 5.41) is 4.91. The van der Waals surface area contributed by atoms with Gasteiger partial charge in [0.1, 0.15) is 0 Å². The molecule has 0 saturated heterocycles. The van der Waals surface area contributed by atoms with Gasteiger partial charge < -0.3 is 14.7 Å². The molecule has 0 aliphatic heterocycles. The van der Waals surface area contributed by atoms with Crippen molar-refractivity contribution in [1.82, 2.24) is 0 Å². The number of anilines is 9. The summed E-state index contributed by atoms with van der Waals surface area (Å²) < 4.78 is 0. The van der Waals surface area contributed by atoms with Crippen LogP contribution < -0.4 is 14.7 Å². The zero-order valence-corrected chi connectivity index (χ0v) is 43.7. The number of hydrogen-bond acceptors (Lipinski definition) is 3. The quantitative estimate of drug-likeness (QED) is 0.126. The van der Waals surface area contributed by atoms with E-state index in [9.17, 15) is 0 Å². The van der Waals surface area contributed by atoms with Crippen LogP contribution in [0.2, 0.25) is 0 Å². The van der Waals surface area contributed by atoms with Crippen LogP contribution in [0.1, 0.15) is 27.8 Å². The lowest BCUT2D eigenvalue weighted by atomic mass is 9.68. The summed E-state index contributed by atoms with van der Waals surface area (Å²) in [7, 11) is 0. The molecule has 79 heavy (non-hydrogen) atoms. The first-order valence-electron chi connectivity index (χ1n) is 27.3. The molecule has 13 aromatic rings. The van der Waals surface area contributed by atoms with Crippen molar-refractivity contribution in [3.05, 3.63) is 331 Å². The van der Waals surface area contributed by atoms with E-state index in [-0.39, 0.29) is 0 Å². The van der Waals surface area contributed by atoms with Crippen molar-refractivity contribution >= 4 is 72.7 Å². The van der Waals surface area contributed by atoms with Gasteiger partial charge in [0, 0.05) is 51.2 Å². The molecule has 3 heteroatoms. The van der Waals surface area contributed by atoms with E-state index in [0.29, 0.717) is 0 Å². The molecular weight excluding hydrogens is 955 g/mol. The molecule has 2 aliphatic carbocycles. The molecule has 0 bridgehead atoms. The molecule has 2 aliphatic rings. The monoisotopic (exact) mass is 1010 g/mol. The second-order valence-corrected chi connectivity index (χ2v) is 20.9. The molecule has 0 saturated carbocycles. The maximum Gasteiger partial charge on any atom is 0.0731 e. The van der Waals surface area contributed by atoms with Crippen molar-refractivity contribution < 1.29 is 0 Å². The van der Waals surface area contributed by atoms with Crippen LogP contribution in [0.15, 0.2) is 303 Å². The van der Waals surface area contributed by atoms with E-state index in [4.69, 9.17) is 0 Å². The standard InChI is InChI=1S/C76H53N3/c1-52-46-63(78(58-28-9-4-10-29-58)62-45-44-54-43-42-53-22-11-12-33-65(53)71(54)51-62)50-64(47-52)79(61-32-20-31-60(49-61)77(56-24-5-2-6-25-56)57-26-7-3-8-27-57)59-30-19-23-55(48-59)66-37-21-38-70-69-36-15-18-41-74(69)76(75(66)70)72-39-16-13-34-67(72)68-35-14-17-40-73(68)76/h2-51H,1H3. The van der Waals surface area contributed by atoms with Crippen LogP contribution >= 0.6 is 0 Å². The number of rotatable bonds is 10. The van der Waals surface area contributed by atoms with E-state index in [1.807, 2.05) is 0 Å². The first kappa shape index (κ1) is 46.1. The fourth-order valence-electron chi connectivity index (χ4n) is 13.2. The van der Waals surface area contributed by atoms with Gasteiger partial charge in [0.25, 0.3) is 0 Å². The second kappa shape index (κ2) is 18.8. The van der Waals surface area contributed by atoms with Gasteiger partial charge in [-0.05, 0) is 187 Å². The van der Waals surface area contributed by atoms with Gasteiger partial charge in [-0.2, -0.15) is 0 Å². The fourth-order valence-corrected chi connectivity index (χ4v) is 13.2. The third kappa shape index (κ3) is 7.50. The van der Waals surface area contributed by atoms with E-state index < -0.39 is 5.41 Å². The highest BCUT2D eigenvalue weighted by molar-refractivity contribution is 6.09. The lowest BCUT2D eigenvalue weighted by molar-refractivity contribution is 0.796. The van der Waals surface area contributed by atoms with Crippen molar-refractivity contribution in [3.8, 4) is 33.4 Å². The van der Waals surface area contributed by atoms with Gasteiger partial charge in [-0.1, -0.05) is 206 Å². The van der Waals surface area contributed by atoms with E-state index in [1.165, 1.54) is 71.6 Å². The van der Waals surface area contributed by atoms with Crippen LogP contribution in [-0.4, -0.2) is 0 Å². The minimum Gasteiger partial charge on any atom is -0.310 e. The SMILES string of the molecule is Cc1cc(N(c2cccc(-c3cccc4c3C3(c5ccccc5-c5ccccc53)c3ccccc3-4)c2)c2cccc(N(c3ccccc3)c3ccccc3)c2)cc(N(c2ccccc2)c2ccc3ccc4ccccc4c3c2)c1. The Morgan fingerprint density at radius 2 is 0.620 bits per heavy atom. The zero-order valence-electron chi connectivity index (χ0n) is 43.7. The Hall–Kier alpha value is -10.2. The first-order valence-corrected chi connectivity index (χ1v) is 27.3. The average Bonchev–Trinajstić information content (AvgIpc) is 4.22. The molecule has 3 nitrogen and oxygen atoms in total. The van der Waals surface area contributed by atoms with Gasteiger partial charge in [-0.15, -0.1) is 0 Å². The highest BCUT2D eigenvalue weighted by Gasteiger charge is 2.52. The Morgan fingerprint density at radius 3 is 1.22 bits per heavy atom. The maximum atomic E-state index is 2.46. The topological polar surface area (TPSA) is 9.72 Å². The number of hydrogen-bond donors (Lipinski definition) is 0. The molecule has 372 valence electrons. The summed E-state index contributed by atoms with van der Waals surface area (Å²) in [6, 6.07) is 112.